The maximum Gasteiger partial charge on any atom is 0.332 e. The van der Waals surface area contributed by atoms with E-state index in [0.29, 0.717) is 25.2 Å². The largest absolute Gasteiger partial charge is 0.457 e. The van der Waals surface area contributed by atoms with Gasteiger partial charge in [-0.05, 0) is 56.3 Å². The molecule has 0 saturated heterocycles. The van der Waals surface area contributed by atoms with Crippen LogP contribution in [0.25, 0.3) is 0 Å². The van der Waals surface area contributed by atoms with Crippen molar-refractivity contribution in [2.24, 2.45) is 23.2 Å². The van der Waals surface area contributed by atoms with Gasteiger partial charge < -0.3 is 19.3 Å². The summed E-state index contributed by atoms with van der Waals surface area (Å²) in [5.74, 6) is 2.27. The van der Waals surface area contributed by atoms with Crippen molar-refractivity contribution in [2.75, 3.05) is 33.0 Å². The Balaban J connectivity index is 1.27. The molecule has 1 spiro atoms. The third-order valence-corrected chi connectivity index (χ3v) is 6.61. The number of aliphatic hydroxyl groups is 1. The minimum absolute atomic E-state index is 0.00989. The van der Waals surface area contributed by atoms with Gasteiger partial charge in [0, 0.05) is 5.41 Å². The van der Waals surface area contributed by atoms with Crippen molar-refractivity contribution in [3.05, 3.63) is 0 Å². The van der Waals surface area contributed by atoms with E-state index >= 15 is 0 Å². The third-order valence-electron chi connectivity index (χ3n) is 6.61. The zero-order valence-electron chi connectivity index (χ0n) is 13.1. The molecule has 0 aromatic heterocycles. The Morgan fingerprint density at radius 1 is 1.00 bits per heavy atom. The molecule has 4 aliphatic carbocycles. The van der Waals surface area contributed by atoms with Crippen molar-refractivity contribution in [1.29, 1.82) is 0 Å². The standard InChI is InChI=1S/C17H26O5/c18-1-2-20-3-4-21-11-15(19)22-17-9-13-5-12-6-14(10-17)16(17,7-12)8-13/h12-14,18H,1-11H2. The highest BCUT2D eigenvalue weighted by atomic mass is 16.6. The van der Waals surface area contributed by atoms with E-state index in [4.69, 9.17) is 19.3 Å². The van der Waals surface area contributed by atoms with Gasteiger partial charge >= 0.3 is 5.97 Å². The minimum atomic E-state index is -0.217. The summed E-state index contributed by atoms with van der Waals surface area (Å²) in [5.41, 5.74) is 0.182. The Labute approximate surface area is 131 Å². The Hall–Kier alpha value is -0.650. The maximum absolute atomic E-state index is 12.2. The van der Waals surface area contributed by atoms with E-state index in [1.165, 1.54) is 25.7 Å². The average molecular weight is 310 g/mol. The number of fused-ring (bicyclic) bond motifs is 2. The Morgan fingerprint density at radius 2 is 1.82 bits per heavy atom. The molecule has 5 heteroatoms. The molecule has 4 rings (SSSR count). The van der Waals surface area contributed by atoms with E-state index in [1.807, 2.05) is 0 Å². The molecule has 0 aliphatic heterocycles. The molecular formula is C17H26O5. The van der Waals surface area contributed by atoms with Gasteiger partial charge in [0.15, 0.2) is 0 Å². The number of hydrogen-bond acceptors (Lipinski definition) is 5. The van der Waals surface area contributed by atoms with Gasteiger partial charge in [-0.3, -0.25) is 0 Å². The van der Waals surface area contributed by atoms with Crippen LogP contribution >= 0.6 is 0 Å². The molecule has 0 heterocycles. The fourth-order valence-corrected chi connectivity index (χ4v) is 6.17. The second-order valence-electron chi connectivity index (χ2n) is 7.73. The topological polar surface area (TPSA) is 65.0 Å². The molecule has 124 valence electrons. The second-order valence-corrected chi connectivity index (χ2v) is 7.73. The number of esters is 1. The summed E-state index contributed by atoms with van der Waals surface area (Å²) in [6.45, 7) is 1.09. The molecule has 5 atom stereocenters. The number of hydrogen-bond donors (Lipinski definition) is 1. The Kier molecular flexibility index (Phi) is 3.70. The minimum Gasteiger partial charge on any atom is -0.457 e. The van der Waals surface area contributed by atoms with E-state index < -0.39 is 0 Å². The van der Waals surface area contributed by atoms with Gasteiger partial charge in [-0.1, -0.05) is 0 Å². The first kappa shape index (κ1) is 14.9. The van der Waals surface area contributed by atoms with E-state index in [1.54, 1.807) is 0 Å². The van der Waals surface area contributed by atoms with Crippen molar-refractivity contribution < 1.29 is 24.1 Å². The normalized spacial score (nSPS) is 44.0. The van der Waals surface area contributed by atoms with Gasteiger partial charge in [-0.2, -0.15) is 0 Å². The first-order valence-corrected chi connectivity index (χ1v) is 8.66. The molecule has 5 unspecified atom stereocenters. The summed E-state index contributed by atoms with van der Waals surface area (Å²) in [5, 5.41) is 8.59. The highest BCUT2D eigenvalue weighted by Gasteiger charge is 2.76. The smallest absolute Gasteiger partial charge is 0.332 e. The predicted molar refractivity (Wildman–Crippen MR) is 78.2 cm³/mol. The second kappa shape index (κ2) is 5.46. The molecule has 0 radical (unpaired) electrons. The van der Waals surface area contributed by atoms with Crippen molar-refractivity contribution in [3.8, 4) is 0 Å². The number of carbonyl (C=O) groups is 1. The molecule has 1 N–H and O–H groups in total. The van der Waals surface area contributed by atoms with E-state index in [9.17, 15) is 4.79 Å². The van der Waals surface area contributed by atoms with Gasteiger partial charge in [0.1, 0.15) is 12.2 Å². The summed E-state index contributed by atoms with van der Waals surface area (Å²) >= 11 is 0. The van der Waals surface area contributed by atoms with Crippen LogP contribution in [0.3, 0.4) is 0 Å². The van der Waals surface area contributed by atoms with E-state index in [0.717, 1.165) is 30.6 Å². The maximum atomic E-state index is 12.2. The van der Waals surface area contributed by atoms with Gasteiger partial charge in [0.05, 0.1) is 26.4 Å². The molecule has 0 aromatic rings. The summed E-state index contributed by atoms with van der Waals surface area (Å²) in [6, 6.07) is 0. The van der Waals surface area contributed by atoms with Crippen LogP contribution in [0.5, 0.6) is 0 Å². The van der Waals surface area contributed by atoms with E-state index in [-0.39, 0.29) is 24.8 Å². The van der Waals surface area contributed by atoms with Gasteiger partial charge in [0.2, 0.25) is 0 Å². The highest BCUT2D eigenvalue weighted by Crippen LogP contribution is 2.78. The molecule has 4 fully saturated rings. The lowest BCUT2D eigenvalue weighted by Gasteiger charge is -2.57. The Morgan fingerprint density at radius 3 is 2.68 bits per heavy atom. The molecule has 0 amide bonds. The van der Waals surface area contributed by atoms with E-state index in [2.05, 4.69) is 0 Å². The molecule has 22 heavy (non-hydrogen) atoms. The molecule has 0 aromatic carbocycles. The predicted octanol–water partition coefficient (Wildman–Crippen LogP) is 1.52. The van der Waals surface area contributed by atoms with Crippen LogP contribution in [0.1, 0.15) is 38.5 Å². The SMILES string of the molecule is O=C(COCCOCCO)OC12CC3CC4CC(C1)C2(C4)C3. The fourth-order valence-electron chi connectivity index (χ4n) is 6.17. The average Bonchev–Trinajstić information content (AvgIpc) is 2.79. The first-order valence-electron chi connectivity index (χ1n) is 8.66. The van der Waals surface area contributed by atoms with Crippen molar-refractivity contribution in [3.63, 3.8) is 0 Å². The summed E-state index contributed by atoms with van der Waals surface area (Å²) in [4.78, 5) is 12.2. The number of ether oxygens (including phenoxy) is 3. The summed E-state index contributed by atoms with van der Waals surface area (Å²) in [6.07, 6.45) is 7.48. The highest BCUT2D eigenvalue weighted by molar-refractivity contribution is 5.71. The zero-order valence-corrected chi connectivity index (χ0v) is 13.1. The molecule has 5 nitrogen and oxygen atoms in total. The number of aliphatic hydroxyl groups excluding tert-OH is 1. The monoisotopic (exact) mass is 310 g/mol. The molecular weight excluding hydrogens is 284 g/mol. The van der Waals surface area contributed by atoms with Crippen molar-refractivity contribution in [1.82, 2.24) is 0 Å². The van der Waals surface area contributed by atoms with Crippen LogP contribution in [-0.4, -0.2) is 49.7 Å². The molecule has 4 aliphatic rings. The van der Waals surface area contributed by atoms with Crippen LogP contribution < -0.4 is 0 Å². The van der Waals surface area contributed by atoms with Gasteiger partial charge in [0.25, 0.3) is 0 Å². The number of rotatable bonds is 8. The van der Waals surface area contributed by atoms with Crippen LogP contribution in [0, 0.1) is 23.2 Å². The van der Waals surface area contributed by atoms with Gasteiger partial charge in [-0.15, -0.1) is 0 Å². The molecule has 3 bridgehead atoms. The fraction of sp³-hybridized carbons (Fsp3) is 0.941. The molecule has 4 saturated carbocycles. The summed E-state index contributed by atoms with van der Waals surface area (Å²) < 4.78 is 16.4. The third kappa shape index (κ3) is 2.13. The van der Waals surface area contributed by atoms with Crippen LogP contribution in [-0.2, 0) is 19.0 Å². The zero-order chi connectivity index (χ0) is 15.2. The van der Waals surface area contributed by atoms with Crippen LogP contribution in [0.15, 0.2) is 0 Å². The lowest BCUT2D eigenvalue weighted by atomic mass is 9.52. The Bertz CT molecular complexity index is 446. The van der Waals surface area contributed by atoms with Crippen molar-refractivity contribution in [2.45, 2.75) is 44.1 Å². The summed E-state index contributed by atoms with van der Waals surface area (Å²) in [7, 11) is 0. The van der Waals surface area contributed by atoms with Crippen LogP contribution in [0.4, 0.5) is 0 Å². The van der Waals surface area contributed by atoms with Crippen molar-refractivity contribution >= 4 is 5.97 Å². The van der Waals surface area contributed by atoms with Crippen LogP contribution in [0.2, 0.25) is 0 Å². The lowest BCUT2D eigenvalue weighted by molar-refractivity contribution is -0.218. The first-order chi connectivity index (χ1) is 10.7. The lowest BCUT2D eigenvalue weighted by Crippen LogP contribution is -2.60. The number of carbonyl (C=O) groups excluding carboxylic acids is 1. The quantitative estimate of drug-likeness (QED) is 0.544. The van der Waals surface area contributed by atoms with Gasteiger partial charge in [-0.25, -0.2) is 4.79 Å².